The number of nitrogens with one attached hydrogen (secondary N) is 1. The Morgan fingerprint density at radius 1 is 1.43 bits per heavy atom. The molecule has 8 nitrogen and oxygen atoms in total. The normalized spacial score (nSPS) is 12.3. The predicted octanol–water partition coefficient (Wildman–Crippen LogP) is 1.03. The number of carboxylic acid groups (broad SMARTS) is 1. The van der Waals surface area contributed by atoms with Gasteiger partial charge in [0, 0.05) is 12.8 Å². The lowest BCUT2D eigenvalue weighted by molar-refractivity contribution is -0.141. The zero-order valence-electron chi connectivity index (χ0n) is 12.4. The molecular formula is C13H16ClN5O3S. The van der Waals surface area contributed by atoms with Gasteiger partial charge in [-0.15, -0.1) is 10.2 Å². The zero-order chi connectivity index (χ0) is 16.8. The molecule has 0 aromatic carbocycles. The lowest BCUT2D eigenvalue weighted by Gasteiger charge is -2.13. The number of aromatic nitrogens is 4. The van der Waals surface area contributed by atoms with Crippen molar-refractivity contribution in [1.82, 2.24) is 25.1 Å². The average Bonchev–Trinajstić information content (AvgIpc) is 2.91. The highest BCUT2D eigenvalue weighted by Crippen LogP contribution is 2.09. The van der Waals surface area contributed by atoms with E-state index >= 15 is 0 Å². The van der Waals surface area contributed by atoms with E-state index in [1.807, 2.05) is 6.26 Å². The summed E-state index contributed by atoms with van der Waals surface area (Å²) in [6.07, 6.45) is 2.65. The molecule has 2 heterocycles. The van der Waals surface area contributed by atoms with Gasteiger partial charge in [-0.2, -0.15) is 21.4 Å². The minimum atomic E-state index is -1.03. The number of fused-ring (bicyclic) bond motifs is 1. The first kappa shape index (κ1) is 17.5. The average molecular weight is 358 g/mol. The number of amides is 1. The highest BCUT2D eigenvalue weighted by molar-refractivity contribution is 7.98. The van der Waals surface area contributed by atoms with Crippen LogP contribution >= 0.6 is 23.4 Å². The van der Waals surface area contributed by atoms with Gasteiger partial charge in [-0.3, -0.25) is 4.79 Å². The number of aliphatic carboxylic acids is 1. The molecule has 0 bridgehead atoms. The molecule has 2 N–H and O–H groups in total. The zero-order valence-corrected chi connectivity index (χ0v) is 14.0. The SMILES string of the molecule is CSCC[C@H](NC(=O)CCc1nnc2ccc(Cl)nn12)C(=O)O. The monoisotopic (exact) mass is 357 g/mol. The molecule has 10 heteroatoms. The van der Waals surface area contributed by atoms with Gasteiger partial charge < -0.3 is 10.4 Å². The lowest BCUT2D eigenvalue weighted by atomic mass is 10.2. The van der Waals surface area contributed by atoms with Gasteiger partial charge in [0.15, 0.2) is 11.5 Å². The minimum absolute atomic E-state index is 0.0953. The Hall–Kier alpha value is -1.87. The van der Waals surface area contributed by atoms with Gasteiger partial charge in [0.1, 0.15) is 11.2 Å². The van der Waals surface area contributed by atoms with E-state index in [0.29, 0.717) is 28.8 Å². The maximum atomic E-state index is 11.9. The third kappa shape index (κ3) is 4.80. The predicted molar refractivity (Wildman–Crippen MR) is 86.7 cm³/mol. The molecule has 2 aromatic rings. The van der Waals surface area contributed by atoms with E-state index in [9.17, 15) is 9.59 Å². The van der Waals surface area contributed by atoms with E-state index in [0.717, 1.165) is 0 Å². The summed E-state index contributed by atoms with van der Waals surface area (Å²) in [7, 11) is 0. The van der Waals surface area contributed by atoms with Crippen molar-refractivity contribution < 1.29 is 14.7 Å². The Balaban J connectivity index is 1.94. The molecule has 2 aromatic heterocycles. The van der Waals surface area contributed by atoms with Gasteiger partial charge in [0.25, 0.3) is 0 Å². The van der Waals surface area contributed by atoms with Crippen LogP contribution in [0, 0.1) is 0 Å². The second kappa shape index (κ2) is 8.11. The van der Waals surface area contributed by atoms with Crippen molar-refractivity contribution in [2.75, 3.05) is 12.0 Å². The molecule has 0 saturated heterocycles. The molecule has 0 aliphatic carbocycles. The maximum Gasteiger partial charge on any atom is 0.326 e. The fourth-order valence-electron chi connectivity index (χ4n) is 1.95. The first-order chi connectivity index (χ1) is 11.0. The van der Waals surface area contributed by atoms with Gasteiger partial charge >= 0.3 is 5.97 Å². The van der Waals surface area contributed by atoms with Crippen LogP contribution in [0.15, 0.2) is 12.1 Å². The first-order valence-corrected chi connectivity index (χ1v) is 8.66. The second-order valence-electron chi connectivity index (χ2n) is 4.78. The van der Waals surface area contributed by atoms with Crippen molar-refractivity contribution in [3.05, 3.63) is 23.1 Å². The van der Waals surface area contributed by atoms with Crippen LogP contribution in [-0.2, 0) is 16.0 Å². The van der Waals surface area contributed by atoms with Crippen LogP contribution < -0.4 is 5.32 Å². The summed E-state index contributed by atoms with van der Waals surface area (Å²) in [5, 5.41) is 23.9. The van der Waals surface area contributed by atoms with Crippen molar-refractivity contribution in [3.8, 4) is 0 Å². The number of nitrogens with zero attached hydrogens (tertiary/aromatic N) is 4. The number of hydrogen-bond donors (Lipinski definition) is 2. The Morgan fingerprint density at radius 3 is 2.91 bits per heavy atom. The molecule has 1 amide bonds. The quantitative estimate of drug-likeness (QED) is 0.726. The van der Waals surface area contributed by atoms with Gasteiger partial charge in [-0.25, -0.2) is 4.79 Å². The standard InChI is InChI=1S/C13H16ClN5O3S/c1-23-7-6-8(13(21)22)15-12(20)5-4-11-17-16-10-3-2-9(14)18-19(10)11/h2-3,8H,4-7H2,1H3,(H,15,20)(H,21,22)/t8-/m0/s1. The summed E-state index contributed by atoms with van der Waals surface area (Å²) in [5.74, 6) is -0.228. The summed E-state index contributed by atoms with van der Waals surface area (Å²) >= 11 is 7.36. The molecule has 0 aliphatic rings. The topological polar surface area (TPSA) is 109 Å². The van der Waals surface area contributed by atoms with Crippen molar-refractivity contribution in [2.24, 2.45) is 0 Å². The number of aryl methyl sites for hydroxylation is 1. The van der Waals surface area contributed by atoms with Gasteiger partial charge in [0.2, 0.25) is 5.91 Å². The van der Waals surface area contributed by atoms with Gasteiger partial charge in [-0.05, 0) is 30.6 Å². The van der Waals surface area contributed by atoms with Crippen LogP contribution in [0.1, 0.15) is 18.7 Å². The van der Waals surface area contributed by atoms with E-state index < -0.39 is 12.0 Å². The van der Waals surface area contributed by atoms with Gasteiger partial charge in [-0.1, -0.05) is 11.6 Å². The molecule has 1 atom stereocenters. The second-order valence-corrected chi connectivity index (χ2v) is 6.15. The molecule has 0 fully saturated rings. The molecule has 0 saturated carbocycles. The van der Waals surface area contributed by atoms with Crippen molar-refractivity contribution in [2.45, 2.75) is 25.3 Å². The van der Waals surface area contributed by atoms with Crippen LogP contribution in [0.5, 0.6) is 0 Å². The van der Waals surface area contributed by atoms with E-state index in [2.05, 4.69) is 20.6 Å². The Morgan fingerprint density at radius 2 is 2.22 bits per heavy atom. The largest absolute Gasteiger partial charge is 0.480 e. The fourth-order valence-corrected chi connectivity index (χ4v) is 2.56. The summed E-state index contributed by atoms with van der Waals surface area (Å²) in [6.45, 7) is 0. The van der Waals surface area contributed by atoms with Crippen molar-refractivity contribution in [1.29, 1.82) is 0 Å². The van der Waals surface area contributed by atoms with Crippen molar-refractivity contribution >= 4 is 40.9 Å². The molecule has 23 heavy (non-hydrogen) atoms. The summed E-state index contributed by atoms with van der Waals surface area (Å²) in [6, 6.07) is 2.40. The first-order valence-electron chi connectivity index (χ1n) is 6.89. The molecule has 124 valence electrons. The minimum Gasteiger partial charge on any atom is -0.480 e. The van der Waals surface area contributed by atoms with E-state index in [1.54, 1.807) is 12.1 Å². The maximum absolute atomic E-state index is 11.9. The van der Waals surface area contributed by atoms with Crippen LogP contribution in [-0.4, -0.2) is 54.8 Å². The van der Waals surface area contributed by atoms with E-state index in [-0.39, 0.29) is 18.7 Å². The van der Waals surface area contributed by atoms with Gasteiger partial charge in [0.05, 0.1) is 0 Å². The number of halogens is 1. The van der Waals surface area contributed by atoms with Crippen LogP contribution in [0.3, 0.4) is 0 Å². The lowest BCUT2D eigenvalue weighted by Crippen LogP contribution is -2.41. The number of carboxylic acids is 1. The smallest absolute Gasteiger partial charge is 0.326 e. The summed E-state index contributed by atoms with van der Waals surface area (Å²) in [5.41, 5.74) is 0.535. The Labute approximate surface area is 141 Å². The number of carbonyl (C=O) groups excluding carboxylic acids is 1. The molecule has 0 unspecified atom stereocenters. The van der Waals surface area contributed by atoms with E-state index in [4.69, 9.17) is 16.7 Å². The van der Waals surface area contributed by atoms with Crippen LogP contribution in [0.25, 0.3) is 5.65 Å². The Kier molecular flexibility index (Phi) is 6.17. The molecular weight excluding hydrogens is 342 g/mol. The third-order valence-electron chi connectivity index (χ3n) is 3.11. The molecule has 2 rings (SSSR count). The van der Waals surface area contributed by atoms with Crippen molar-refractivity contribution in [3.63, 3.8) is 0 Å². The highest BCUT2D eigenvalue weighted by atomic mass is 35.5. The number of carbonyl (C=O) groups is 2. The highest BCUT2D eigenvalue weighted by Gasteiger charge is 2.19. The summed E-state index contributed by atoms with van der Waals surface area (Å²) < 4.78 is 1.47. The summed E-state index contributed by atoms with van der Waals surface area (Å²) in [4.78, 5) is 23.0. The third-order valence-corrected chi connectivity index (χ3v) is 3.96. The fraction of sp³-hybridized carbons (Fsp3) is 0.462. The number of rotatable bonds is 8. The molecule has 0 aliphatic heterocycles. The number of hydrogen-bond acceptors (Lipinski definition) is 6. The number of thioether (sulfide) groups is 1. The van der Waals surface area contributed by atoms with Crippen LogP contribution in [0.4, 0.5) is 0 Å². The van der Waals surface area contributed by atoms with E-state index in [1.165, 1.54) is 16.3 Å². The molecule has 0 radical (unpaired) electrons. The molecule has 0 spiro atoms. The van der Waals surface area contributed by atoms with Crippen LogP contribution in [0.2, 0.25) is 5.15 Å². The Bertz CT molecular complexity index is 708.